The van der Waals surface area contributed by atoms with Crippen molar-refractivity contribution >= 4 is 29.2 Å². The monoisotopic (exact) mass is 306 g/mol. The zero-order chi connectivity index (χ0) is 16.6. The Labute approximate surface area is 121 Å². The summed E-state index contributed by atoms with van der Waals surface area (Å²) >= 11 is 4.36. The molecule has 0 unspecified atom stereocenters. The number of nitrogens with two attached hydrogens (primary N) is 3. The van der Waals surface area contributed by atoms with Crippen LogP contribution in [0.2, 0.25) is 0 Å². The Hall–Kier alpha value is -2.88. The van der Waals surface area contributed by atoms with Crippen LogP contribution >= 0.6 is 12.2 Å². The van der Waals surface area contributed by atoms with Gasteiger partial charge in [0.05, 0.1) is 0 Å². The molecule has 0 bridgehead atoms. The SMILES string of the molecule is CN/C(N)=N/[N+](=O)[O-].CN=C(N)NC#N.CNC(N)=S. The summed E-state index contributed by atoms with van der Waals surface area (Å²) in [7, 11) is 4.63. The van der Waals surface area contributed by atoms with Crippen molar-refractivity contribution in [2.75, 3.05) is 21.1 Å². The molecular formula is C7H18N10O2S. The van der Waals surface area contributed by atoms with Gasteiger partial charge in [0.2, 0.25) is 5.96 Å². The molecule has 0 heterocycles. The smallest absolute Gasteiger partial charge is 0.265 e. The Morgan fingerprint density at radius 3 is 1.85 bits per heavy atom. The fourth-order valence-electron chi connectivity index (χ4n) is 0.251. The van der Waals surface area contributed by atoms with Gasteiger partial charge in [-0.2, -0.15) is 5.26 Å². The van der Waals surface area contributed by atoms with Crippen LogP contribution in [-0.2, 0) is 0 Å². The second-order valence-electron chi connectivity index (χ2n) is 2.43. The summed E-state index contributed by atoms with van der Waals surface area (Å²) in [6, 6.07) is 0. The van der Waals surface area contributed by atoms with Gasteiger partial charge in [0, 0.05) is 21.1 Å². The third-order valence-corrected chi connectivity index (χ3v) is 1.32. The van der Waals surface area contributed by atoms with Gasteiger partial charge in [-0.05, 0) is 12.2 Å². The molecule has 0 fully saturated rings. The Balaban J connectivity index is -0.000000223. The Morgan fingerprint density at radius 2 is 1.75 bits per heavy atom. The van der Waals surface area contributed by atoms with Crippen LogP contribution < -0.4 is 33.2 Å². The maximum absolute atomic E-state index is 9.47. The maximum Gasteiger partial charge on any atom is 0.265 e. The van der Waals surface area contributed by atoms with Gasteiger partial charge >= 0.3 is 0 Å². The van der Waals surface area contributed by atoms with E-state index < -0.39 is 5.03 Å². The largest absolute Gasteiger partial charge is 0.376 e. The average Bonchev–Trinajstić information content (AvgIpc) is 2.39. The molecule has 0 atom stereocenters. The van der Waals surface area contributed by atoms with Gasteiger partial charge in [0.25, 0.3) is 5.96 Å². The van der Waals surface area contributed by atoms with Crippen LogP contribution in [0.4, 0.5) is 0 Å². The van der Waals surface area contributed by atoms with Crippen molar-refractivity contribution in [3.05, 3.63) is 10.1 Å². The highest BCUT2D eigenvalue weighted by Crippen LogP contribution is 1.65. The summed E-state index contributed by atoms with van der Waals surface area (Å²) in [6.45, 7) is 0. The van der Waals surface area contributed by atoms with Crippen LogP contribution in [0.3, 0.4) is 0 Å². The first-order valence-corrected chi connectivity index (χ1v) is 5.16. The lowest BCUT2D eigenvalue weighted by Crippen LogP contribution is -2.28. The molecule has 13 heteroatoms. The number of nitrogens with zero attached hydrogens (tertiary/aromatic N) is 4. The summed E-state index contributed by atoms with van der Waals surface area (Å²) in [5, 5.41) is 26.4. The predicted molar refractivity (Wildman–Crippen MR) is 79.8 cm³/mol. The number of guanidine groups is 2. The number of nitrogens with one attached hydrogen (secondary N) is 3. The number of rotatable bonds is 1. The van der Waals surface area contributed by atoms with E-state index in [4.69, 9.17) is 22.5 Å². The molecule has 20 heavy (non-hydrogen) atoms. The van der Waals surface area contributed by atoms with Crippen molar-refractivity contribution in [3.8, 4) is 6.19 Å². The van der Waals surface area contributed by atoms with E-state index in [1.54, 1.807) is 13.2 Å². The fourth-order valence-corrected chi connectivity index (χ4v) is 0.251. The number of nitriles is 1. The number of hydrogen-bond donors (Lipinski definition) is 6. The summed E-state index contributed by atoms with van der Waals surface area (Å²) in [5.41, 5.74) is 14.8. The minimum atomic E-state index is -0.869. The van der Waals surface area contributed by atoms with Crippen LogP contribution in [-0.4, -0.2) is 43.2 Å². The summed E-state index contributed by atoms with van der Waals surface area (Å²) < 4.78 is 0. The van der Waals surface area contributed by atoms with Crippen molar-refractivity contribution in [2.45, 2.75) is 0 Å². The number of hydrogen-bond acceptors (Lipinski definition) is 5. The highest BCUT2D eigenvalue weighted by molar-refractivity contribution is 7.80. The lowest BCUT2D eigenvalue weighted by Gasteiger charge is -1.87. The Morgan fingerprint density at radius 1 is 1.30 bits per heavy atom. The van der Waals surface area contributed by atoms with Crippen LogP contribution in [0, 0.1) is 21.6 Å². The minimum absolute atomic E-state index is 0.141. The number of nitro groups is 1. The minimum Gasteiger partial charge on any atom is -0.376 e. The van der Waals surface area contributed by atoms with Gasteiger partial charge in [-0.15, -0.1) is 0 Å². The first-order chi connectivity index (χ1) is 9.24. The molecule has 12 nitrogen and oxygen atoms in total. The number of thiocarbonyl (C=S) groups is 1. The Bertz CT molecular complexity index is 388. The second-order valence-corrected chi connectivity index (χ2v) is 2.87. The molecule has 9 N–H and O–H groups in total. The molecular weight excluding hydrogens is 288 g/mol. The summed E-state index contributed by atoms with van der Waals surface area (Å²) in [6.07, 6.45) is 1.61. The normalized spacial score (nSPS) is 9.50. The predicted octanol–water partition coefficient (Wildman–Crippen LogP) is -2.84. The van der Waals surface area contributed by atoms with Crippen LogP contribution in [0.15, 0.2) is 10.1 Å². The highest BCUT2D eigenvalue weighted by atomic mass is 32.1. The van der Waals surface area contributed by atoms with E-state index in [1.807, 2.05) is 0 Å². The second kappa shape index (κ2) is 16.1. The van der Waals surface area contributed by atoms with Crippen LogP contribution in [0.1, 0.15) is 0 Å². The van der Waals surface area contributed by atoms with Gasteiger partial charge in [-0.1, -0.05) is 0 Å². The van der Waals surface area contributed by atoms with Crippen LogP contribution in [0.25, 0.3) is 0 Å². The molecule has 0 saturated carbocycles. The highest BCUT2D eigenvalue weighted by Gasteiger charge is 1.91. The van der Waals surface area contributed by atoms with Gasteiger partial charge in [-0.3, -0.25) is 10.3 Å². The van der Waals surface area contributed by atoms with E-state index in [0.29, 0.717) is 5.11 Å². The molecule has 0 rings (SSSR count). The quantitative estimate of drug-likeness (QED) is 0.0556. The lowest BCUT2D eigenvalue weighted by atomic mass is 11.0. The maximum atomic E-state index is 9.47. The zero-order valence-electron chi connectivity index (χ0n) is 11.2. The molecule has 0 aromatic carbocycles. The van der Waals surface area contributed by atoms with Gasteiger partial charge in [-0.25, -0.2) is 10.1 Å². The molecule has 0 amide bonds. The molecule has 0 aliphatic heterocycles. The Kier molecular flexibility index (Phi) is 18.0. The molecule has 0 aliphatic rings. The number of hydrazone groups is 1. The summed E-state index contributed by atoms with van der Waals surface area (Å²) in [4.78, 5) is 12.9. The first-order valence-electron chi connectivity index (χ1n) is 4.75. The third kappa shape index (κ3) is 29.4. The van der Waals surface area contributed by atoms with E-state index in [2.05, 4.69) is 38.3 Å². The molecule has 114 valence electrons. The number of aliphatic imine (C=N–C) groups is 1. The fraction of sp³-hybridized carbons (Fsp3) is 0.429. The molecule has 0 aromatic rings. The van der Waals surface area contributed by atoms with Crippen molar-refractivity contribution in [3.63, 3.8) is 0 Å². The van der Waals surface area contributed by atoms with Crippen molar-refractivity contribution in [1.82, 2.24) is 16.0 Å². The van der Waals surface area contributed by atoms with Gasteiger partial charge < -0.3 is 27.8 Å². The van der Waals surface area contributed by atoms with E-state index in [9.17, 15) is 10.1 Å². The van der Waals surface area contributed by atoms with Gasteiger partial charge in [0.1, 0.15) is 5.10 Å². The van der Waals surface area contributed by atoms with Crippen molar-refractivity contribution < 1.29 is 5.03 Å². The standard InChI is InChI=1S/C3H6N4.C2H6N4O2.C2H6N2S/c1-6-3(5)7-2-4;1-4-2(3)5-6(7)8;1-4-2(3)5/h1H3,(H3,5,6,7);1H3,(H3,3,4,5);1H3,(H3,3,4,5). The topological polar surface area (TPSA) is 206 Å². The first kappa shape index (κ1) is 22.3. The van der Waals surface area contributed by atoms with E-state index in [0.717, 1.165) is 0 Å². The van der Waals surface area contributed by atoms with E-state index in [-0.39, 0.29) is 11.9 Å². The average molecular weight is 306 g/mol. The molecule has 0 aromatic heterocycles. The molecule has 0 saturated heterocycles. The third-order valence-electron chi connectivity index (χ3n) is 1.12. The zero-order valence-corrected chi connectivity index (χ0v) is 12.1. The van der Waals surface area contributed by atoms with Crippen molar-refractivity contribution in [2.24, 2.45) is 27.3 Å². The molecule has 0 aliphatic carbocycles. The van der Waals surface area contributed by atoms with Crippen molar-refractivity contribution in [1.29, 1.82) is 5.26 Å². The van der Waals surface area contributed by atoms with E-state index >= 15 is 0 Å². The molecule has 0 radical (unpaired) electrons. The summed E-state index contributed by atoms with van der Waals surface area (Å²) in [5.74, 6) is -0.0579. The lowest BCUT2D eigenvalue weighted by molar-refractivity contribution is -0.485. The van der Waals surface area contributed by atoms with Crippen LogP contribution in [0.5, 0.6) is 0 Å². The van der Waals surface area contributed by atoms with E-state index in [1.165, 1.54) is 14.1 Å². The van der Waals surface area contributed by atoms with Gasteiger partial charge in [0.15, 0.2) is 16.3 Å². The molecule has 0 spiro atoms.